The summed E-state index contributed by atoms with van der Waals surface area (Å²) in [6.07, 6.45) is 4.75. The molecule has 1 N–H and O–H groups in total. The monoisotopic (exact) mass is 374 g/mol. The van der Waals surface area contributed by atoms with Crippen molar-refractivity contribution in [2.45, 2.75) is 43.9 Å². The third-order valence-electron chi connectivity index (χ3n) is 4.33. The lowest BCUT2D eigenvalue weighted by Gasteiger charge is -2.22. The lowest BCUT2D eigenvalue weighted by Crippen LogP contribution is -2.35. The van der Waals surface area contributed by atoms with Gasteiger partial charge in [-0.05, 0) is 18.9 Å². The number of rotatable bonds is 8. The van der Waals surface area contributed by atoms with E-state index in [9.17, 15) is 18.3 Å². The van der Waals surface area contributed by atoms with E-state index in [1.165, 1.54) is 4.90 Å². The second kappa shape index (κ2) is 8.78. The van der Waals surface area contributed by atoms with Gasteiger partial charge in [0.2, 0.25) is 5.91 Å². The van der Waals surface area contributed by atoms with E-state index in [0.717, 1.165) is 12.8 Å². The standard InChI is InChI=1S/C16H23ClN2O4S/c17-16-13(4-3-8-18-16)12-19(9-10-20)15(21)7-11-24(22,23)14-5-1-2-6-14/h3-4,8,14,20H,1-2,5-7,9-12H2. The molecule has 0 radical (unpaired) electrons. The molecule has 0 atom stereocenters. The van der Waals surface area contributed by atoms with Crippen molar-refractivity contribution in [3.63, 3.8) is 0 Å². The zero-order chi connectivity index (χ0) is 17.6. The van der Waals surface area contributed by atoms with Crippen LogP contribution in [-0.2, 0) is 21.2 Å². The van der Waals surface area contributed by atoms with E-state index in [1.807, 2.05) is 0 Å². The molecule has 1 aliphatic carbocycles. The van der Waals surface area contributed by atoms with Crippen LogP contribution in [0.5, 0.6) is 0 Å². The molecule has 8 heteroatoms. The van der Waals surface area contributed by atoms with Crippen LogP contribution in [0.1, 0.15) is 37.7 Å². The zero-order valence-electron chi connectivity index (χ0n) is 13.5. The summed E-state index contributed by atoms with van der Waals surface area (Å²) in [6, 6.07) is 3.47. The topological polar surface area (TPSA) is 87.6 Å². The van der Waals surface area contributed by atoms with Gasteiger partial charge in [0.05, 0.1) is 17.6 Å². The highest BCUT2D eigenvalue weighted by Gasteiger charge is 2.29. The fraction of sp³-hybridized carbons (Fsp3) is 0.625. The summed E-state index contributed by atoms with van der Waals surface area (Å²) in [4.78, 5) is 17.8. The van der Waals surface area contributed by atoms with E-state index in [-0.39, 0.29) is 43.0 Å². The summed E-state index contributed by atoms with van der Waals surface area (Å²) in [7, 11) is -3.23. The van der Waals surface area contributed by atoms with Crippen molar-refractivity contribution in [2.75, 3.05) is 18.9 Å². The Morgan fingerprint density at radius 2 is 2.08 bits per heavy atom. The lowest BCUT2D eigenvalue weighted by atomic mass is 10.2. The molecule has 1 aromatic rings. The average molecular weight is 375 g/mol. The van der Waals surface area contributed by atoms with Crippen LogP contribution in [0, 0.1) is 0 Å². The van der Waals surface area contributed by atoms with Gasteiger partial charge in [0.1, 0.15) is 5.15 Å². The van der Waals surface area contributed by atoms with Gasteiger partial charge in [0.15, 0.2) is 9.84 Å². The van der Waals surface area contributed by atoms with Crippen LogP contribution in [0.25, 0.3) is 0 Å². The molecular formula is C16H23ClN2O4S. The van der Waals surface area contributed by atoms with Crippen molar-refractivity contribution in [3.8, 4) is 0 Å². The minimum absolute atomic E-state index is 0.0727. The third kappa shape index (κ3) is 5.16. The molecule has 0 aliphatic heterocycles. The van der Waals surface area contributed by atoms with Crippen molar-refractivity contribution in [2.24, 2.45) is 0 Å². The summed E-state index contributed by atoms with van der Waals surface area (Å²) in [6.45, 7) is 0.141. The van der Waals surface area contributed by atoms with Crippen molar-refractivity contribution in [1.29, 1.82) is 0 Å². The largest absolute Gasteiger partial charge is 0.395 e. The van der Waals surface area contributed by atoms with Crippen LogP contribution in [-0.4, -0.2) is 53.5 Å². The Hall–Kier alpha value is -1.18. The summed E-state index contributed by atoms with van der Waals surface area (Å²) in [5.74, 6) is -0.440. The molecule has 0 unspecified atom stereocenters. The SMILES string of the molecule is O=C(CCS(=O)(=O)C1CCCC1)N(CCO)Cc1cccnc1Cl. The fourth-order valence-corrected chi connectivity index (χ4v) is 4.98. The highest BCUT2D eigenvalue weighted by atomic mass is 35.5. The van der Waals surface area contributed by atoms with E-state index < -0.39 is 9.84 Å². The van der Waals surface area contributed by atoms with Crippen molar-refractivity contribution in [3.05, 3.63) is 29.0 Å². The fourth-order valence-electron chi connectivity index (χ4n) is 2.96. The Kier molecular flexibility index (Phi) is 7.01. The van der Waals surface area contributed by atoms with Gasteiger partial charge >= 0.3 is 0 Å². The van der Waals surface area contributed by atoms with E-state index in [2.05, 4.69) is 4.98 Å². The smallest absolute Gasteiger partial charge is 0.223 e. The van der Waals surface area contributed by atoms with E-state index in [0.29, 0.717) is 23.6 Å². The van der Waals surface area contributed by atoms with Gasteiger partial charge in [-0.1, -0.05) is 30.5 Å². The normalized spacial score (nSPS) is 15.6. The molecule has 134 valence electrons. The summed E-state index contributed by atoms with van der Waals surface area (Å²) < 4.78 is 24.6. The average Bonchev–Trinajstić information content (AvgIpc) is 3.09. The van der Waals surface area contributed by atoms with Gasteiger partial charge in [-0.2, -0.15) is 0 Å². The minimum atomic E-state index is -3.23. The molecule has 1 fully saturated rings. The summed E-state index contributed by atoms with van der Waals surface area (Å²) >= 11 is 6.00. The number of aliphatic hydroxyl groups is 1. The molecule has 0 bridgehead atoms. The van der Waals surface area contributed by atoms with Crippen LogP contribution in [0.4, 0.5) is 0 Å². The zero-order valence-corrected chi connectivity index (χ0v) is 15.1. The first-order chi connectivity index (χ1) is 11.4. The van der Waals surface area contributed by atoms with E-state index in [4.69, 9.17) is 11.6 Å². The number of amides is 1. The van der Waals surface area contributed by atoms with E-state index >= 15 is 0 Å². The van der Waals surface area contributed by atoms with Crippen LogP contribution in [0.15, 0.2) is 18.3 Å². The molecule has 1 saturated carbocycles. The van der Waals surface area contributed by atoms with Crippen molar-refractivity contribution in [1.82, 2.24) is 9.88 Å². The summed E-state index contributed by atoms with van der Waals surface area (Å²) in [5.41, 5.74) is 0.666. The minimum Gasteiger partial charge on any atom is -0.395 e. The molecule has 24 heavy (non-hydrogen) atoms. The first-order valence-electron chi connectivity index (χ1n) is 8.13. The lowest BCUT2D eigenvalue weighted by molar-refractivity contribution is -0.131. The molecule has 0 spiro atoms. The van der Waals surface area contributed by atoms with Crippen molar-refractivity contribution >= 4 is 27.3 Å². The predicted octanol–water partition coefficient (Wildman–Crippen LogP) is 1.80. The third-order valence-corrected chi connectivity index (χ3v) is 6.93. The number of halogens is 1. The number of pyridine rings is 1. The Morgan fingerprint density at radius 3 is 2.71 bits per heavy atom. The molecule has 0 aromatic carbocycles. The van der Waals surface area contributed by atoms with Gasteiger partial charge in [-0.3, -0.25) is 4.79 Å². The molecular weight excluding hydrogens is 352 g/mol. The molecule has 1 heterocycles. The van der Waals surface area contributed by atoms with Crippen LogP contribution in [0.3, 0.4) is 0 Å². The van der Waals surface area contributed by atoms with E-state index in [1.54, 1.807) is 18.3 Å². The molecule has 6 nitrogen and oxygen atoms in total. The Labute approximate surface area is 147 Å². The second-order valence-corrected chi connectivity index (χ2v) is 8.77. The number of carbonyl (C=O) groups excluding carboxylic acids is 1. The maximum atomic E-state index is 12.4. The maximum Gasteiger partial charge on any atom is 0.223 e. The first kappa shape index (κ1) is 19.1. The number of carbonyl (C=O) groups is 1. The van der Waals surface area contributed by atoms with Gasteiger partial charge in [-0.15, -0.1) is 0 Å². The highest BCUT2D eigenvalue weighted by molar-refractivity contribution is 7.92. The van der Waals surface area contributed by atoms with Crippen LogP contribution in [0.2, 0.25) is 5.15 Å². The number of aromatic nitrogens is 1. The predicted molar refractivity (Wildman–Crippen MR) is 92.4 cm³/mol. The quantitative estimate of drug-likeness (QED) is 0.701. The number of hydrogen-bond donors (Lipinski definition) is 1. The Bertz CT molecular complexity index is 660. The van der Waals surface area contributed by atoms with Crippen LogP contribution < -0.4 is 0 Å². The number of aliphatic hydroxyl groups excluding tert-OH is 1. The molecule has 0 saturated heterocycles. The molecule has 1 amide bonds. The highest BCUT2D eigenvalue weighted by Crippen LogP contribution is 2.25. The van der Waals surface area contributed by atoms with Gasteiger partial charge in [-0.25, -0.2) is 13.4 Å². The van der Waals surface area contributed by atoms with Crippen molar-refractivity contribution < 1.29 is 18.3 Å². The maximum absolute atomic E-state index is 12.4. The number of hydrogen-bond acceptors (Lipinski definition) is 5. The molecule has 2 rings (SSSR count). The van der Waals surface area contributed by atoms with Gasteiger partial charge < -0.3 is 10.0 Å². The van der Waals surface area contributed by atoms with Crippen LogP contribution >= 0.6 is 11.6 Å². The Morgan fingerprint density at radius 1 is 1.38 bits per heavy atom. The first-order valence-corrected chi connectivity index (χ1v) is 10.2. The Balaban J connectivity index is 1.97. The number of nitrogens with zero attached hydrogens (tertiary/aromatic N) is 2. The second-order valence-electron chi connectivity index (χ2n) is 6.02. The molecule has 1 aliphatic rings. The van der Waals surface area contributed by atoms with Gasteiger partial charge in [0.25, 0.3) is 0 Å². The number of sulfone groups is 1. The summed E-state index contributed by atoms with van der Waals surface area (Å²) in [5, 5.41) is 9.17. The van der Waals surface area contributed by atoms with Gasteiger partial charge in [0, 0.05) is 31.3 Å². The molecule has 1 aromatic heterocycles.